The first kappa shape index (κ1) is 12.9. The lowest BCUT2D eigenvalue weighted by Crippen LogP contribution is -2.55. The van der Waals surface area contributed by atoms with Gasteiger partial charge in [-0.3, -0.25) is 4.79 Å². The molecular weight excluding hydrogens is 212 g/mol. The number of piperidine rings is 2. The molecule has 17 heavy (non-hydrogen) atoms. The van der Waals surface area contributed by atoms with Gasteiger partial charge in [0.25, 0.3) is 0 Å². The molecule has 0 aromatic heterocycles. The summed E-state index contributed by atoms with van der Waals surface area (Å²) >= 11 is 0. The Balaban J connectivity index is 1.97. The van der Waals surface area contributed by atoms with Gasteiger partial charge in [0.2, 0.25) is 5.91 Å². The second-order valence-electron chi connectivity index (χ2n) is 5.64. The van der Waals surface area contributed by atoms with Gasteiger partial charge in [-0.05, 0) is 51.9 Å². The molecule has 2 fully saturated rings. The Kier molecular flexibility index (Phi) is 4.43. The van der Waals surface area contributed by atoms with E-state index in [1.807, 2.05) is 0 Å². The van der Waals surface area contributed by atoms with Crippen LogP contribution in [-0.4, -0.2) is 35.5 Å². The maximum atomic E-state index is 12.5. The molecule has 1 N–H and O–H groups in total. The van der Waals surface area contributed by atoms with E-state index in [0.717, 1.165) is 19.4 Å². The topological polar surface area (TPSA) is 32.3 Å². The van der Waals surface area contributed by atoms with E-state index in [4.69, 9.17) is 0 Å². The van der Waals surface area contributed by atoms with Crippen molar-refractivity contribution < 1.29 is 4.79 Å². The van der Waals surface area contributed by atoms with Gasteiger partial charge in [0.1, 0.15) is 0 Å². The third-order valence-electron chi connectivity index (χ3n) is 4.30. The second-order valence-corrected chi connectivity index (χ2v) is 5.64. The van der Waals surface area contributed by atoms with Crippen LogP contribution in [0.15, 0.2) is 0 Å². The van der Waals surface area contributed by atoms with Crippen molar-refractivity contribution in [2.45, 2.75) is 76.9 Å². The van der Waals surface area contributed by atoms with E-state index >= 15 is 0 Å². The highest BCUT2D eigenvalue weighted by Gasteiger charge is 2.32. The van der Waals surface area contributed by atoms with Gasteiger partial charge in [-0.15, -0.1) is 0 Å². The molecule has 0 aliphatic carbocycles. The summed E-state index contributed by atoms with van der Waals surface area (Å²) in [5, 5.41) is 3.47. The zero-order valence-corrected chi connectivity index (χ0v) is 11.2. The molecule has 0 saturated carbocycles. The zero-order chi connectivity index (χ0) is 12.3. The van der Waals surface area contributed by atoms with Gasteiger partial charge in [0, 0.05) is 18.6 Å². The number of hydrogen-bond acceptors (Lipinski definition) is 2. The molecule has 0 aromatic carbocycles. The Morgan fingerprint density at radius 2 is 2.06 bits per heavy atom. The summed E-state index contributed by atoms with van der Waals surface area (Å²) in [6.07, 6.45) is 8.20. The number of nitrogens with zero attached hydrogens (tertiary/aromatic N) is 1. The summed E-state index contributed by atoms with van der Waals surface area (Å²) in [5.41, 5.74) is 0. The Labute approximate surface area is 105 Å². The number of carbonyl (C=O) groups excluding carboxylic acids is 1. The van der Waals surface area contributed by atoms with Crippen molar-refractivity contribution in [1.82, 2.24) is 10.2 Å². The molecule has 3 nitrogen and oxygen atoms in total. The maximum Gasteiger partial charge on any atom is 0.239 e. The van der Waals surface area contributed by atoms with Crippen molar-refractivity contribution >= 4 is 5.91 Å². The van der Waals surface area contributed by atoms with E-state index in [1.54, 1.807) is 0 Å². The molecule has 1 amide bonds. The first-order valence-electron chi connectivity index (χ1n) is 7.29. The van der Waals surface area contributed by atoms with Crippen LogP contribution in [-0.2, 0) is 4.79 Å². The van der Waals surface area contributed by atoms with Crippen molar-refractivity contribution in [3.63, 3.8) is 0 Å². The summed E-state index contributed by atoms with van der Waals surface area (Å²) in [7, 11) is 0. The minimum absolute atomic E-state index is 0.0888. The monoisotopic (exact) mass is 238 g/mol. The molecule has 0 aromatic rings. The van der Waals surface area contributed by atoms with Gasteiger partial charge in [-0.2, -0.15) is 0 Å². The first-order chi connectivity index (χ1) is 8.22. The van der Waals surface area contributed by atoms with Gasteiger partial charge in [-0.25, -0.2) is 0 Å². The van der Waals surface area contributed by atoms with E-state index in [1.165, 1.54) is 32.1 Å². The first-order valence-corrected chi connectivity index (χ1v) is 7.29. The molecule has 0 radical (unpaired) electrons. The largest absolute Gasteiger partial charge is 0.338 e. The van der Waals surface area contributed by atoms with Gasteiger partial charge in [0.15, 0.2) is 0 Å². The van der Waals surface area contributed by atoms with Crippen LogP contribution in [0.2, 0.25) is 0 Å². The van der Waals surface area contributed by atoms with E-state index in [0.29, 0.717) is 18.0 Å². The van der Waals surface area contributed by atoms with Crippen molar-refractivity contribution in [2.24, 2.45) is 0 Å². The van der Waals surface area contributed by atoms with Crippen LogP contribution < -0.4 is 5.32 Å². The molecule has 0 bridgehead atoms. The van der Waals surface area contributed by atoms with Crippen molar-refractivity contribution in [3.8, 4) is 0 Å². The van der Waals surface area contributed by atoms with E-state index in [-0.39, 0.29) is 6.04 Å². The normalized spacial score (nSPS) is 34.7. The van der Waals surface area contributed by atoms with Gasteiger partial charge in [0.05, 0.1) is 6.04 Å². The Morgan fingerprint density at radius 3 is 2.76 bits per heavy atom. The van der Waals surface area contributed by atoms with Crippen LogP contribution >= 0.6 is 0 Å². The highest BCUT2D eigenvalue weighted by atomic mass is 16.2. The predicted octanol–water partition coefficient (Wildman–Crippen LogP) is 2.31. The minimum atomic E-state index is 0.0888. The number of rotatable bonds is 2. The Morgan fingerprint density at radius 1 is 1.24 bits per heavy atom. The molecule has 0 spiro atoms. The lowest BCUT2D eigenvalue weighted by atomic mass is 9.95. The molecule has 98 valence electrons. The number of likely N-dealkylation sites (tertiary alicyclic amines) is 1. The minimum Gasteiger partial charge on any atom is -0.338 e. The summed E-state index contributed by atoms with van der Waals surface area (Å²) < 4.78 is 0. The predicted molar refractivity (Wildman–Crippen MR) is 69.9 cm³/mol. The second kappa shape index (κ2) is 5.85. The highest BCUT2D eigenvalue weighted by molar-refractivity contribution is 5.82. The fourth-order valence-electron chi connectivity index (χ4n) is 3.25. The molecule has 3 atom stereocenters. The van der Waals surface area contributed by atoms with Crippen LogP contribution in [0.1, 0.15) is 58.8 Å². The maximum absolute atomic E-state index is 12.5. The van der Waals surface area contributed by atoms with Crippen LogP contribution in [0.4, 0.5) is 0 Å². The van der Waals surface area contributed by atoms with E-state index in [9.17, 15) is 4.79 Å². The summed E-state index contributed by atoms with van der Waals surface area (Å²) in [5.74, 6) is 0.364. The SMILES string of the molecule is CCC1CCCCN1C(=O)C1CCCC(C)N1. The summed E-state index contributed by atoms with van der Waals surface area (Å²) in [4.78, 5) is 14.7. The Bertz CT molecular complexity index is 267. The molecule has 3 heteroatoms. The van der Waals surface area contributed by atoms with Crippen LogP contribution in [0, 0.1) is 0 Å². The van der Waals surface area contributed by atoms with Crippen molar-refractivity contribution in [2.75, 3.05) is 6.54 Å². The smallest absolute Gasteiger partial charge is 0.239 e. The van der Waals surface area contributed by atoms with Gasteiger partial charge in [-0.1, -0.05) is 6.92 Å². The molecule has 2 aliphatic heterocycles. The third-order valence-corrected chi connectivity index (χ3v) is 4.30. The average molecular weight is 238 g/mol. The molecule has 2 saturated heterocycles. The standard InChI is InChI=1S/C14H26N2O/c1-3-12-8-4-5-10-16(12)14(17)13-9-6-7-11(2)15-13/h11-13,15H,3-10H2,1-2H3. The van der Waals surface area contributed by atoms with Crippen LogP contribution in [0.3, 0.4) is 0 Å². The quantitative estimate of drug-likeness (QED) is 0.800. The molecular formula is C14H26N2O. The number of hydrogen-bond donors (Lipinski definition) is 1. The molecule has 3 unspecified atom stereocenters. The number of carbonyl (C=O) groups is 1. The molecule has 2 heterocycles. The fraction of sp³-hybridized carbons (Fsp3) is 0.929. The van der Waals surface area contributed by atoms with Crippen molar-refractivity contribution in [3.05, 3.63) is 0 Å². The Hall–Kier alpha value is -0.570. The summed E-state index contributed by atoms with van der Waals surface area (Å²) in [6, 6.07) is 1.09. The van der Waals surface area contributed by atoms with Crippen LogP contribution in [0.25, 0.3) is 0 Å². The average Bonchev–Trinajstić information content (AvgIpc) is 2.38. The van der Waals surface area contributed by atoms with Crippen LogP contribution in [0.5, 0.6) is 0 Å². The lowest BCUT2D eigenvalue weighted by molar-refractivity contribution is -0.138. The third kappa shape index (κ3) is 3.01. The van der Waals surface area contributed by atoms with Crippen molar-refractivity contribution in [1.29, 1.82) is 0 Å². The van der Waals surface area contributed by atoms with Gasteiger partial charge >= 0.3 is 0 Å². The molecule has 2 aliphatic rings. The lowest BCUT2D eigenvalue weighted by Gasteiger charge is -2.39. The highest BCUT2D eigenvalue weighted by Crippen LogP contribution is 2.22. The fourth-order valence-corrected chi connectivity index (χ4v) is 3.25. The zero-order valence-electron chi connectivity index (χ0n) is 11.2. The van der Waals surface area contributed by atoms with E-state index < -0.39 is 0 Å². The van der Waals surface area contributed by atoms with E-state index in [2.05, 4.69) is 24.1 Å². The molecule has 2 rings (SSSR count). The van der Waals surface area contributed by atoms with Gasteiger partial charge < -0.3 is 10.2 Å². The number of amides is 1. The summed E-state index contributed by atoms with van der Waals surface area (Å²) in [6.45, 7) is 5.37. The number of nitrogens with one attached hydrogen (secondary N) is 1.